The van der Waals surface area contributed by atoms with E-state index in [9.17, 15) is 0 Å². The van der Waals surface area contributed by atoms with Crippen molar-refractivity contribution in [2.45, 2.75) is 19.8 Å². The lowest BCUT2D eigenvalue weighted by molar-refractivity contribution is 0.677. The Morgan fingerprint density at radius 1 is 1.11 bits per heavy atom. The Hall–Kier alpha value is -2.87. The largest absolute Gasteiger partial charge is 0.289 e. The van der Waals surface area contributed by atoms with Gasteiger partial charge < -0.3 is 0 Å². The molecule has 18 heavy (non-hydrogen) atoms. The van der Waals surface area contributed by atoms with Crippen molar-refractivity contribution in [3.63, 3.8) is 0 Å². The quantitative estimate of drug-likeness (QED) is 0.735. The van der Waals surface area contributed by atoms with E-state index in [0.29, 0.717) is 0 Å². The third-order valence-corrected chi connectivity index (χ3v) is 2.20. The van der Waals surface area contributed by atoms with Crippen molar-refractivity contribution in [3.05, 3.63) is 23.3 Å². The maximum absolute atomic E-state index is 8.69. The molecule has 0 amide bonds. The molecule has 0 aliphatic carbocycles. The molecule has 0 aliphatic rings. The lowest BCUT2D eigenvalue weighted by atomic mass is 10.2. The average Bonchev–Trinajstić information content (AvgIpc) is 2.71. The minimum absolute atomic E-state index is 0.00900. The van der Waals surface area contributed by atoms with Crippen molar-refractivity contribution in [3.8, 4) is 18.1 Å². The van der Waals surface area contributed by atoms with Crippen molar-refractivity contribution >= 4 is 0 Å². The minimum atomic E-state index is -1.06. The molecule has 2 aromatic rings. The van der Waals surface area contributed by atoms with Crippen LogP contribution in [0.1, 0.15) is 23.1 Å². The van der Waals surface area contributed by atoms with E-state index in [2.05, 4.69) is 25.5 Å². The highest BCUT2D eigenvalue weighted by molar-refractivity contribution is 5.19. The van der Waals surface area contributed by atoms with E-state index in [-0.39, 0.29) is 11.8 Å². The first-order valence-electron chi connectivity index (χ1n) is 5.06. The zero-order valence-electron chi connectivity index (χ0n) is 9.73. The Kier molecular flexibility index (Phi) is 2.94. The van der Waals surface area contributed by atoms with Crippen LogP contribution < -0.4 is 0 Å². The first kappa shape index (κ1) is 11.6. The second-order valence-electron chi connectivity index (χ2n) is 3.59. The zero-order chi connectivity index (χ0) is 13.1. The van der Waals surface area contributed by atoms with Crippen LogP contribution in [-0.4, -0.2) is 30.2 Å². The van der Waals surface area contributed by atoms with Crippen molar-refractivity contribution in [2.24, 2.45) is 0 Å². The van der Waals surface area contributed by atoms with E-state index in [0.717, 1.165) is 11.4 Å². The Morgan fingerprint density at radius 2 is 1.72 bits per heavy atom. The topological polar surface area (TPSA) is 117 Å². The summed E-state index contributed by atoms with van der Waals surface area (Å²) in [5, 5.41) is 36.6. The summed E-state index contributed by atoms with van der Waals surface area (Å²) in [4.78, 5) is 0. The third kappa shape index (κ3) is 1.99. The molecular formula is C10H8N8. The predicted octanol–water partition coefficient (Wildman–Crippen LogP) is 0.200. The van der Waals surface area contributed by atoms with Crippen LogP contribution in [0.4, 0.5) is 0 Å². The SMILES string of the molecule is Cc1cc(C)n(-c2nnc(C(C#N)C#N)nn2)n1. The van der Waals surface area contributed by atoms with Crippen LogP contribution in [0.3, 0.4) is 0 Å². The number of hydrogen-bond donors (Lipinski definition) is 0. The van der Waals surface area contributed by atoms with Gasteiger partial charge in [-0.2, -0.15) is 15.6 Å². The lowest BCUT2D eigenvalue weighted by Gasteiger charge is -2.01. The van der Waals surface area contributed by atoms with E-state index in [1.807, 2.05) is 19.9 Å². The van der Waals surface area contributed by atoms with Gasteiger partial charge in [-0.15, -0.1) is 20.4 Å². The van der Waals surface area contributed by atoms with Gasteiger partial charge in [0.1, 0.15) is 0 Å². The highest BCUT2D eigenvalue weighted by atomic mass is 15.4. The maximum Gasteiger partial charge on any atom is 0.289 e. The number of nitrogens with zero attached hydrogens (tertiary/aromatic N) is 8. The number of rotatable bonds is 2. The fourth-order valence-electron chi connectivity index (χ4n) is 1.41. The Labute approximate surface area is 103 Å². The zero-order valence-corrected chi connectivity index (χ0v) is 9.73. The van der Waals surface area contributed by atoms with E-state index in [1.165, 1.54) is 4.68 Å². The summed E-state index contributed by atoms with van der Waals surface area (Å²) in [5.41, 5.74) is 1.67. The molecular weight excluding hydrogens is 232 g/mol. The fourth-order valence-corrected chi connectivity index (χ4v) is 1.41. The van der Waals surface area contributed by atoms with E-state index >= 15 is 0 Å². The van der Waals surface area contributed by atoms with Gasteiger partial charge >= 0.3 is 0 Å². The molecule has 0 N–H and O–H groups in total. The van der Waals surface area contributed by atoms with Gasteiger partial charge in [0.25, 0.3) is 5.95 Å². The first-order chi connectivity index (χ1) is 8.65. The number of nitriles is 2. The Bertz CT molecular complexity index is 628. The maximum atomic E-state index is 8.69. The molecule has 2 rings (SSSR count). The molecule has 0 unspecified atom stereocenters. The van der Waals surface area contributed by atoms with Gasteiger partial charge in [0, 0.05) is 5.69 Å². The van der Waals surface area contributed by atoms with Gasteiger partial charge in [0.05, 0.1) is 17.8 Å². The second-order valence-corrected chi connectivity index (χ2v) is 3.59. The molecule has 0 saturated heterocycles. The minimum Gasteiger partial charge on any atom is -0.200 e. The summed E-state index contributed by atoms with van der Waals surface area (Å²) in [5.74, 6) is -0.858. The van der Waals surface area contributed by atoms with Crippen LogP contribution in [0.25, 0.3) is 5.95 Å². The van der Waals surface area contributed by atoms with E-state index in [4.69, 9.17) is 10.5 Å². The van der Waals surface area contributed by atoms with Gasteiger partial charge in [0.2, 0.25) is 5.82 Å². The van der Waals surface area contributed by atoms with Crippen LogP contribution in [0, 0.1) is 36.5 Å². The molecule has 88 valence electrons. The van der Waals surface area contributed by atoms with Crippen molar-refractivity contribution in [1.29, 1.82) is 10.5 Å². The third-order valence-electron chi connectivity index (χ3n) is 2.20. The molecule has 0 aliphatic heterocycles. The van der Waals surface area contributed by atoms with Crippen molar-refractivity contribution < 1.29 is 0 Å². The summed E-state index contributed by atoms with van der Waals surface area (Å²) >= 11 is 0. The summed E-state index contributed by atoms with van der Waals surface area (Å²) in [6.07, 6.45) is 0. The van der Waals surface area contributed by atoms with Crippen LogP contribution in [-0.2, 0) is 0 Å². The van der Waals surface area contributed by atoms with Crippen LogP contribution >= 0.6 is 0 Å². The molecule has 2 aromatic heterocycles. The van der Waals surface area contributed by atoms with Crippen molar-refractivity contribution in [1.82, 2.24) is 30.2 Å². The van der Waals surface area contributed by atoms with Crippen LogP contribution in [0.15, 0.2) is 6.07 Å². The second kappa shape index (κ2) is 4.55. The standard InChI is InChI=1S/C10H8N8/c1-6-3-7(2)18(17-6)10-15-13-9(14-16-10)8(4-11)5-12/h3,8H,1-2H3. The smallest absolute Gasteiger partial charge is 0.200 e. The lowest BCUT2D eigenvalue weighted by Crippen LogP contribution is -2.11. The monoisotopic (exact) mass is 240 g/mol. The molecule has 0 bridgehead atoms. The van der Waals surface area contributed by atoms with E-state index < -0.39 is 5.92 Å². The fraction of sp³-hybridized carbons (Fsp3) is 0.300. The molecule has 0 saturated carbocycles. The van der Waals surface area contributed by atoms with Gasteiger partial charge in [-0.05, 0) is 19.9 Å². The normalized spacial score (nSPS) is 10.1. The summed E-state index contributed by atoms with van der Waals surface area (Å²) in [7, 11) is 0. The van der Waals surface area contributed by atoms with Crippen molar-refractivity contribution in [2.75, 3.05) is 0 Å². The molecule has 8 heteroatoms. The van der Waals surface area contributed by atoms with E-state index in [1.54, 1.807) is 12.1 Å². The molecule has 0 spiro atoms. The molecule has 0 atom stereocenters. The molecule has 0 fully saturated rings. The molecule has 8 nitrogen and oxygen atoms in total. The Morgan fingerprint density at radius 3 is 2.17 bits per heavy atom. The highest BCUT2D eigenvalue weighted by Crippen LogP contribution is 2.08. The summed E-state index contributed by atoms with van der Waals surface area (Å²) < 4.78 is 1.49. The number of aromatic nitrogens is 6. The van der Waals surface area contributed by atoms with Crippen LogP contribution in [0.2, 0.25) is 0 Å². The van der Waals surface area contributed by atoms with Gasteiger partial charge in [-0.25, -0.2) is 4.68 Å². The molecule has 0 radical (unpaired) electrons. The Balaban J connectivity index is 2.37. The van der Waals surface area contributed by atoms with Gasteiger partial charge in [-0.3, -0.25) is 0 Å². The highest BCUT2D eigenvalue weighted by Gasteiger charge is 2.15. The average molecular weight is 240 g/mol. The van der Waals surface area contributed by atoms with Gasteiger partial charge in [0.15, 0.2) is 5.92 Å². The first-order valence-corrected chi connectivity index (χ1v) is 5.06. The summed E-state index contributed by atoms with van der Waals surface area (Å²) in [6, 6.07) is 5.37. The number of aryl methyl sites for hydroxylation is 2. The molecule has 0 aromatic carbocycles. The van der Waals surface area contributed by atoms with Gasteiger partial charge in [-0.1, -0.05) is 0 Å². The summed E-state index contributed by atoms with van der Waals surface area (Å²) in [6.45, 7) is 3.70. The number of hydrogen-bond acceptors (Lipinski definition) is 7. The predicted molar refractivity (Wildman–Crippen MR) is 58.2 cm³/mol. The molecule has 2 heterocycles. The van der Waals surface area contributed by atoms with Crippen LogP contribution in [0.5, 0.6) is 0 Å².